The van der Waals surface area contributed by atoms with Gasteiger partial charge in [0.05, 0.1) is 12.7 Å². The van der Waals surface area contributed by atoms with Crippen molar-refractivity contribution in [1.29, 1.82) is 0 Å². The van der Waals surface area contributed by atoms with Crippen molar-refractivity contribution in [1.82, 2.24) is 10.2 Å². The average molecular weight is 292 g/mol. The summed E-state index contributed by atoms with van der Waals surface area (Å²) in [4.78, 5) is 25.8. The molecule has 6 heteroatoms. The lowest BCUT2D eigenvalue weighted by Crippen LogP contribution is -2.33. The summed E-state index contributed by atoms with van der Waals surface area (Å²) in [5.41, 5.74) is 0.402. The molecule has 1 saturated heterocycles. The monoisotopic (exact) mass is 292 g/mol. The zero-order valence-electron chi connectivity index (χ0n) is 12.1. The number of rotatable bonds is 5. The maximum absolute atomic E-state index is 12.0. The summed E-state index contributed by atoms with van der Waals surface area (Å²) in [5, 5.41) is 12.4. The predicted octanol–water partition coefficient (Wildman–Crippen LogP) is 1.00. The molecular weight excluding hydrogens is 272 g/mol. The van der Waals surface area contributed by atoms with Gasteiger partial charge in [0.1, 0.15) is 5.75 Å². The lowest BCUT2D eigenvalue weighted by Gasteiger charge is -2.14. The van der Waals surface area contributed by atoms with Crippen LogP contribution in [0.4, 0.5) is 0 Å². The summed E-state index contributed by atoms with van der Waals surface area (Å²) in [6.07, 6.45) is 2.42. The molecule has 1 aromatic carbocycles. The molecule has 0 atom stereocenters. The number of ether oxygens (including phenoxy) is 1. The number of esters is 1. The highest BCUT2D eigenvalue weighted by molar-refractivity contribution is 5.98. The zero-order valence-corrected chi connectivity index (χ0v) is 12.1. The number of benzene rings is 1. The van der Waals surface area contributed by atoms with Gasteiger partial charge < -0.3 is 20.1 Å². The molecule has 2 rings (SSSR count). The van der Waals surface area contributed by atoms with Crippen LogP contribution in [0.3, 0.4) is 0 Å². The first kappa shape index (κ1) is 15.3. The quantitative estimate of drug-likeness (QED) is 0.792. The average Bonchev–Trinajstić information content (AvgIpc) is 2.99. The Labute approximate surface area is 123 Å². The van der Waals surface area contributed by atoms with Crippen molar-refractivity contribution < 1.29 is 19.4 Å². The molecule has 0 aromatic heterocycles. The largest absolute Gasteiger partial charge is 0.508 e. The molecule has 2 N–H and O–H groups in total. The molecule has 1 aliphatic rings. The molecule has 21 heavy (non-hydrogen) atoms. The second-order valence-corrected chi connectivity index (χ2v) is 5.06. The lowest BCUT2D eigenvalue weighted by atomic mass is 10.1. The molecular formula is C15H20N2O4. The van der Waals surface area contributed by atoms with Crippen LogP contribution < -0.4 is 5.32 Å². The Hall–Kier alpha value is -2.08. The maximum Gasteiger partial charge on any atom is 0.338 e. The summed E-state index contributed by atoms with van der Waals surface area (Å²) < 4.78 is 4.59. The third kappa shape index (κ3) is 4.19. The van der Waals surface area contributed by atoms with Gasteiger partial charge in [-0.05, 0) is 44.1 Å². The number of phenols is 1. The SMILES string of the molecule is COC(=O)c1cc(O)cc(C(=O)NCCN2CCCC2)c1. The van der Waals surface area contributed by atoms with Crippen molar-refractivity contribution in [3.63, 3.8) is 0 Å². The highest BCUT2D eigenvalue weighted by atomic mass is 16.5. The van der Waals surface area contributed by atoms with Gasteiger partial charge in [-0.3, -0.25) is 4.79 Å². The molecule has 0 bridgehead atoms. The number of aromatic hydroxyl groups is 1. The normalized spacial score (nSPS) is 14.9. The first-order valence-corrected chi connectivity index (χ1v) is 7.03. The number of nitrogens with zero attached hydrogens (tertiary/aromatic N) is 1. The van der Waals surface area contributed by atoms with Crippen LogP contribution in [0.25, 0.3) is 0 Å². The second-order valence-electron chi connectivity index (χ2n) is 5.06. The number of carbonyl (C=O) groups is 2. The minimum atomic E-state index is -0.586. The Bertz CT molecular complexity index is 524. The molecule has 0 radical (unpaired) electrons. The van der Waals surface area contributed by atoms with Gasteiger partial charge in [-0.25, -0.2) is 4.79 Å². The third-order valence-electron chi connectivity index (χ3n) is 3.51. The van der Waals surface area contributed by atoms with Gasteiger partial charge >= 0.3 is 5.97 Å². The Morgan fingerprint density at radius 1 is 1.24 bits per heavy atom. The first-order valence-electron chi connectivity index (χ1n) is 7.03. The van der Waals surface area contributed by atoms with Crippen LogP contribution in [0.1, 0.15) is 33.6 Å². The van der Waals surface area contributed by atoms with E-state index in [0.717, 1.165) is 19.6 Å². The minimum absolute atomic E-state index is 0.136. The Morgan fingerprint density at radius 3 is 2.57 bits per heavy atom. The number of nitrogens with one attached hydrogen (secondary N) is 1. The van der Waals surface area contributed by atoms with Gasteiger partial charge in [0.15, 0.2) is 0 Å². The van der Waals surface area contributed by atoms with Gasteiger partial charge in [-0.1, -0.05) is 0 Å². The van der Waals surface area contributed by atoms with E-state index in [2.05, 4.69) is 15.0 Å². The van der Waals surface area contributed by atoms with E-state index in [0.29, 0.717) is 6.54 Å². The number of likely N-dealkylation sites (tertiary alicyclic amines) is 1. The van der Waals surface area contributed by atoms with Crippen LogP contribution in [0, 0.1) is 0 Å². The standard InChI is InChI=1S/C15H20N2O4/c1-21-15(20)12-8-11(9-13(18)10-12)14(19)16-4-7-17-5-2-3-6-17/h8-10,18H,2-7H2,1H3,(H,16,19). The molecule has 6 nitrogen and oxygen atoms in total. The summed E-state index contributed by atoms with van der Waals surface area (Å²) in [7, 11) is 1.25. The van der Waals surface area contributed by atoms with Crippen LogP contribution in [-0.2, 0) is 4.74 Å². The van der Waals surface area contributed by atoms with Crippen molar-refractivity contribution in [3.8, 4) is 5.75 Å². The molecule has 1 heterocycles. The fourth-order valence-corrected chi connectivity index (χ4v) is 2.41. The minimum Gasteiger partial charge on any atom is -0.508 e. The summed E-state index contributed by atoms with van der Waals surface area (Å²) >= 11 is 0. The predicted molar refractivity (Wildman–Crippen MR) is 77.5 cm³/mol. The molecule has 0 unspecified atom stereocenters. The van der Waals surface area contributed by atoms with Gasteiger partial charge in [0.25, 0.3) is 5.91 Å². The van der Waals surface area contributed by atoms with Crippen LogP contribution in [-0.4, -0.2) is 55.2 Å². The summed E-state index contributed by atoms with van der Waals surface area (Å²) in [6, 6.07) is 4.02. The lowest BCUT2D eigenvalue weighted by molar-refractivity contribution is 0.0600. The number of phenolic OH excluding ortho intramolecular Hbond substituents is 1. The van der Waals surface area contributed by atoms with Crippen molar-refractivity contribution in [2.45, 2.75) is 12.8 Å². The van der Waals surface area contributed by atoms with Gasteiger partial charge in [0.2, 0.25) is 0 Å². The van der Waals surface area contributed by atoms with Crippen LogP contribution in [0.15, 0.2) is 18.2 Å². The molecule has 0 saturated carbocycles. The van der Waals surface area contributed by atoms with Crippen LogP contribution in [0.5, 0.6) is 5.75 Å². The highest BCUT2D eigenvalue weighted by Gasteiger charge is 2.14. The smallest absolute Gasteiger partial charge is 0.338 e. The zero-order chi connectivity index (χ0) is 15.2. The van der Waals surface area contributed by atoms with E-state index in [1.165, 1.54) is 38.2 Å². The van der Waals surface area contributed by atoms with Crippen molar-refractivity contribution in [2.75, 3.05) is 33.3 Å². The van der Waals surface area contributed by atoms with Crippen molar-refractivity contribution in [3.05, 3.63) is 29.3 Å². The van der Waals surface area contributed by atoms with E-state index in [-0.39, 0.29) is 22.8 Å². The molecule has 1 aromatic rings. The Morgan fingerprint density at radius 2 is 1.90 bits per heavy atom. The number of hydrogen-bond acceptors (Lipinski definition) is 5. The second kappa shape index (κ2) is 7.08. The molecule has 1 aliphatic heterocycles. The first-order chi connectivity index (χ1) is 10.1. The van der Waals surface area contributed by atoms with Gasteiger partial charge in [-0.2, -0.15) is 0 Å². The molecule has 0 spiro atoms. The van der Waals surface area contributed by atoms with Crippen molar-refractivity contribution >= 4 is 11.9 Å². The van der Waals surface area contributed by atoms with E-state index < -0.39 is 5.97 Å². The number of amides is 1. The maximum atomic E-state index is 12.0. The number of carbonyl (C=O) groups excluding carboxylic acids is 2. The van der Waals surface area contributed by atoms with Gasteiger partial charge in [-0.15, -0.1) is 0 Å². The van der Waals surface area contributed by atoms with Crippen LogP contribution in [0.2, 0.25) is 0 Å². The fourth-order valence-electron chi connectivity index (χ4n) is 2.41. The molecule has 0 aliphatic carbocycles. The number of methoxy groups -OCH3 is 1. The molecule has 1 fully saturated rings. The van der Waals surface area contributed by atoms with E-state index in [9.17, 15) is 14.7 Å². The van der Waals surface area contributed by atoms with Crippen LogP contribution >= 0.6 is 0 Å². The number of hydrogen-bond donors (Lipinski definition) is 2. The van der Waals surface area contributed by atoms with Crippen molar-refractivity contribution in [2.24, 2.45) is 0 Å². The highest BCUT2D eigenvalue weighted by Crippen LogP contribution is 2.16. The fraction of sp³-hybridized carbons (Fsp3) is 0.467. The molecule has 114 valence electrons. The Kier molecular flexibility index (Phi) is 5.16. The van der Waals surface area contributed by atoms with E-state index >= 15 is 0 Å². The Balaban J connectivity index is 1.94. The third-order valence-corrected chi connectivity index (χ3v) is 3.51. The topological polar surface area (TPSA) is 78.9 Å². The van der Waals surface area contributed by atoms with Gasteiger partial charge in [0, 0.05) is 18.7 Å². The van der Waals surface area contributed by atoms with E-state index in [1.54, 1.807) is 0 Å². The summed E-state index contributed by atoms with van der Waals surface area (Å²) in [5.74, 6) is -1.03. The molecule has 1 amide bonds. The summed E-state index contributed by atoms with van der Waals surface area (Å²) in [6.45, 7) is 3.51. The van der Waals surface area contributed by atoms with E-state index in [4.69, 9.17) is 0 Å². The van der Waals surface area contributed by atoms with E-state index in [1.807, 2.05) is 0 Å².